The van der Waals surface area contributed by atoms with Crippen molar-refractivity contribution in [3.05, 3.63) is 138 Å². The van der Waals surface area contributed by atoms with E-state index < -0.39 is 10.9 Å². The van der Waals surface area contributed by atoms with Crippen LogP contribution >= 0.6 is 10.9 Å². The van der Waals surface area contributed by atoms with E-state index in [1.54, 1.807) is 0 Å². The zero-order valence-corrected chi connectivity index (χ0v) is 20.2. The standard InChI is InChI=1S/C32H24O2S/c1-22-11-15-25(16-12-22)35(26-17-13-24(14-18-26)32(33)23-7-3-2-4-8-23)27-19-20-31-29(21-27)28-9-5-6-10-30(28)34-31/h2-21,35H,1H3. The number of hydrogen-bond acceptors (Lipinski definition) is 2. The van der Waals surface area contributed by atoms with Gasteiger partial charge in [0, 0.05) is 21.9 Å². The molecule has 35 heavy (non-hydrogen) atoms. The maximum absolute atomic E-state index is 12.9. The lowest BCUT2D eigenvalue weighted by atomic mass is 10.0. The van der Waals surface area contributed by atoms with E-state index in [0.717, 1.165) is 21.9 Å². The molecule has 0 saturated carbocycles. The van der Waals surface area contributed by atoms with E-state index in [4.69, 9.17) is 4.42 Å². The molecule has 170 valence electrons. The van der Waals surface area contributed by atoms with Crippen LogP contribution in [-0.2, 0) is 0 Å². The molecule has 5 aromatic carbocycles. The third-order valence-electron chi connectivity index (χ3n) is 6.33. The molecule has 6 rings (SSSR count). The maximum atomic E-state index is 12.9. The first-order chi connectivity index (χ1) is 17.2. The van der Waals surface area contributed by atoms with E-state index in [0.29, 0.717) is 11.1 Å². The number of para-hydroxylation sites is 1. The van der Waals surface area contributed by atoms with Gasteiger partial charge in [0.05, 0.1) is 0 Å². The van der Waals surface area contributed by atoms with Crippen LogP contribution in [-0.4, -0.2) is 5.78 Å². The van der Waals surface area contributed by atoms with Crippen LogP contribution in [0.5, 0.6) is 0 Å². The number of furan rings is 1. The molecule has 0 aliphatic carbocycles. The van der Waals surface area contributed by atoms with Gasteiger partial charge in [0.2, 0.25) is 0 Å². The van der Waals surface area contributed by atoms with Gasteiger partial charge in [0.15, 0.2) is 5.78 Å². The Bertz CT molecular complexity index is 1650. The van der Waals surface area contributed by atoms with Crippen molar-refractivity contribution < 1.29 is 9.21 Å². The largest absolute Gasteiger partial charge is 0.456 e. The smallest absolute Gasteiger partial charge is 0.193 e. The minimum atomic E-state index is -0.807. The second kappa shape index (κ2) is 8.94. The van der Waals surface area contributed by atoms with Crippen molar-refractivity contribution >= 4 is 38.6 Å². The summed E-state index contributed by atoms with van der Waals surface area (Å²) in [6, 6.07) is 41.1. The van der Waals surface area contributed by atoms with Crippen LogP contribution in [0.1, 0.15) is 21.5 Å². The van der Waals surface area contributed by atoms with Crippen LogP contribution < -0.4 is 0 Å². The van der Waals surface area contributed by atoms with Crippen LogP contribution in [0, 0.1) is 6.92 Å². The zero-order valence-electron chi connectivity index (χ0n) is 19.3. The van der Waals surface area contributed by atoms with E-state index in [9.17, 15) is 4.79 Å². The summed E-state index contributed by atoms with van der Waals surface area (Å²) in [5, 5.41) is 2.26. The molecule has 0 spiro atoms. The summed E-state index contributed by atoms with van der Waals surface area (Å²) in [5.74, 6) is 0.0445. The number of thiol groups is 1. The number of benzene rings is 5. The van der Waals surface area contributed by atoms with Gasteiger partial charge in [-0.1, -0.05) is 66.2 Å². The molecule has 1 heterocycles. The van der Waals surface area contributed by atoms with Crippen molar-refractivity contribution in [2.75, 3.05) is 0 Å². The Morgan fingerprint density at radius 1 is 0.571 bits per heavy atom. The minimum Gasteiger partial charge on any atom is -0.456 e. The summed E-state index contributed by atoms with van der Waals surface area (Å²) >= 11 is 0. The Kier molecular flexibility index (Phi) is 5.48. The first-order valence-corrected chi connectivity index (χ1v) is 13.0. The van der Waals surface area contributed by atoms with Gasteiger partial charge in [-0.25, -0.2) is 0 Å². The first-order valence-electron chi connectivity index (χ1n) is 11.7. The van der Waals surface area contributed by atoms with Crippen LogP contribution in [0.3, 0.4) is 0 Å². The predicted molar refractivity (Wildman–Crippen MR) is 145 cm³/mol. The number of aryl methyl sites for hydroxylation is 1. The molecule has 0 N–H and O–H groups in total. The fraction of sp³-hybridized carbons (Fsp3) is 0.0312. The van der Waals surface area contributed by atoms with Crippen molar-refractivity contribution in [2.24, 2.45) is 0 Å². The Labute approximate surface area is 207 Å². The molecule has 0 aliphatic rings. The Morgan fingerprint density at radius 2 is 1.14 bits per heavy atom. The highest BCUT2D eigenvalue weighted by molar-refractivity contribution is 8.17. The van der Waals surface area contributed by atoms with Gasteiger partial charge < -0.3 is 4.42 Å². The molecular weight excluding hydrogens is 448 g/mol. The average molecular weight is 473 g/mol. The average Bonchev–Trinajstić information content (AvgIpc) is 3.29. The normalized spacial score (nSPS) is 12.7. The number of hydrogen-bond donors (Lipinski definition) is 1. The predicted octanol–water partition coefficient (Wildman–Crippen LogP) is 8.60. The highest BCUT2D eigenvalue weighted by Gasteiger charge is 2.17. The molecule has 3 heteroatoms. The summed E-state index contributed by atoms with van der Waals surface area (Å²) in [6.45, 7) is 2.11. The van der Waals surface area contributed by atoms with Gasteiger partial charge in [-0.05, 0) is 82.3 Å². The first kappa shape index (κ1) is 21.5. The number of rotatable bonds is 5. The minimum absolute atomic E-state index is 0.0445. The summed E-state index contributed by atoms with van der Waals surface area (Å²) in [5.41, 5.74) is 4.46. The summed E-state index contributed by atoms with van der Waals surface area (Å²) < 4.78 is 6.07. The molecule has 6 aromatic rings. The highest BCUT2D eigenvalue weighted by atomic mass is 32.2. The lowest BCUT2D eigenvalue weighted by Gasteiger charge is -2.24. The Balaban J connectivity index is 1.46. The molecule has 2 nitrogen and oxygen atoms in total. The van der Waals surface area contributed by atoms with Gasteiger partial charge in [-0.2, -0.15) is 10.9 Å². The lowest BCUT2D eigenvalue weighted by Crippen LogP contribution is -2.00. The molecule has 0 radical (unpaired) electrons. The van der Waals surface area contributed by atoms with Gasteiger partial charge >= 0.3 is 0 Å². The third-order valence-corrected chi connectivity index (χ3v) is 8.76. The molecule has 0 aliphatic heterocycles. The van der Waals surface area contributed by atoms with E-state index >= 15 is 0 Å². The third kappa shape index (κ3) is 4.05. The molecule has 0 bridgehead atoms. The molecule has 0 fully saturated rings. The molecule has 1 unspecified atom stereocenters. The van der Waals surface area contributed by atoms with Gasteiger partial charge in [0.25, 0.3) is 0 Å². The zero-order chi connectivity index (χ0) is 23.8. The van der Waals surface area contributed by atoms with Gasteiger partial charge in [0.1, 0.15) is 11.2 Å². The van der Waals surface area contributed by atoms with Crippen molar-refractivity contribution in [3.63, 3.8) is 0 Å². The van der Waals surface area contributed by atoms with E-state index in [-0.39, 0.29) is 5.78 Å². The van der Waals surface area contributed by atoms with Crippen molar-refractivity contribution in [1.82, 2.24) is 0 Å². The molecule has 0 amide bonds. The van der Waals surface area contributed by atoms with E-state index in [1.165, 1.54) is 20.2 Å². The molecular formula is C32H24O2S. The van der Waals surface area contributed by atoms with Gasteiger partial charge in [-0.15, -0.1) is 0 Å². The topological polar surface area (TPSA) is 30.2 Å². The van der Waals surface area contributed by atoms with Crippen LogP contribution in [0.15, 0.2) is 140 Å². The van der Waals surface area contributed by atoms with Crippen molar-refractivity contribution in [2.45, 2.75) is 21.6 Å². The Morgan fingerprint density at radius 3 is 1.89 bits per heavy atom. The number of fused-ring (bicyclic) bond motifs is 3. The fourth-order valence-electron chi connectivity index (χ4n) is 4.51. The number of ketones is 1. The lowest BCUT2D eigenvalue weighted by molar-refractivity contribution is 0.103. The van der Waals surface area contributed by atoms with Crippen molar-refractivity contribution in [1.29, 1.82) is 0 Å². The van der Waals surface area contributed by atoms with Crippen LogP contribution in [0.4, 0.5) is 0 Å². The van der Waals surface area contributed by atoms with Crippen LogP contribution in [0.25, 0.3) is 21.9 Å². The summed E-state index contributed by atoms with van der Waals surface area (Å²) in [4.78, 5) is 16.7. The molecule has 0 saturated heterocycles. The number of carbonyl (C=O) groups excluding carboxylic acids is 1. The van der Waals surface area contributed by atoms with Crippen molar-refractivity contribution in [3.8, 4) is 0 Å². The molecule has 1 aromatic heterocycles. The van der Waals surface area contributed by atoms with Gasteiger partial charge in [-0.3, -0.25) is 4.79 Å². The van der Waals surface area contributed by atoms with E-state index in [2.05, 4.69) is 73.7 Å². The highest BCUT2D eigenvalue weighted by Crippen LogP contribution is 2.52. The van der Waals surface area contributed by atoms with Crippen LogP contribution in [0.2, 0.25) is 0 Å². The second-order valence-electron chi connectivity index (χ2n) is 8.69. The fourth-order valence-corrected chi connectivity index (χ4v) is 6.78. The second-order valence-corrected chi connectivity index (χ2v) is 10.9. The summed E-state index contributed by atoms with van der Waals surface area (Å²) in [7, 11) is -0.807. The monoisotopic (exact) mass is 472 g/mol. The SMILES string of the molecule is Cc1ccc([SH](c2ccc(C(=O)c3ccccc3)cc2)c2ccc3oc4ccccc4c3c2)cc1. The molecule has 1 atom stereocenters. The number of carbonyl (C=O) groups is 1. The van der Waals surface area contributed by atoms with E-state index in [1.807, 2.05) is 54.6 Å². The maximum Gasteiger partial charge on any atom is 0.193 e. The Hall–Kier alpha value is -4.08. The quantitative estimate of drug-likeness (QED) is 0.201. The summed E-state index contributed by atoms with van der Waals surface area (Å²) in [6.07, 6.45) is 0.